The van der Waals surface area contributed by atoms with Gasteiger partial charge < -0.3 is 19.1 Å². The van der Waals surface area contributed by atoms with Crippen molar-refractivity contribution in [2.75, 3.05) is 27.2 Å². The SMILES string of the molecule is CCCn1cc(C(=O)N2CCC3(C2)Cn2c(nnc2CN(C)C)CO3)c(C)n1. The predicted octanol–water partition coefficient (Wildman–Crippen LogP) is 1.07. The van der Waals surface area contributed by atoms with Gasteiger partial charge in [0.1, 0.15) is 18.0 Å². The van der Waals surface area contributed by atoms with E-state index in [0.717, 1.165) is 43.3 Å². The maximum atomic E-state index is 13.1. The molecule has 2 aromatic rings. The molecule has 1 atom stereocenters. The van der Waals surface area contributed by atoms with Gasteiger partial charge in [0.2, 0.25) is 0 Å². The summed E-state index contributed by atoms with van der Waals surface area (Å²) in [6.07, 6.45) is 3.69. The number of likely N-dealkylation sites (tertiary alicyclic amines) is 1. The highest BCUT2D eigenvalue weighted by atomic mass is 16.5. The van der Waals surface area contributed by atoms with Crippen LogP contribution in [-0.4, -0.2) is 73.0 Å². The van der Waals surface area contributed by atoms with E-state index in [1.165, 1.54) is 0 Å². The second-order valence-electron chi connectivity index (χ2n) is 8.20. The Morgan fingerprint density at radius 1 is 1.32 bits per heavy atom. The molecule has 4 rings (SSSR count). The molecule has 1 amide bonds. The minimum absolute atomic E-state index is 0.0448. The number of carbonyl (C=O) groups is 1. The summed E-state index contributed by atoms with van der Waals surface area (Å²) >= 11 is 0. The summed E-state index contributed by atoms with van der Waals surface area (Å²) in [7, 11) is 4.04. The van der Waals surface area contributed by atoms with E-state index in [1.54, 1.807) is 0 Å². The van der Waals surface area contributed by atoms with Crippen LogP contribution in [0.5, 0.6) is 0 Å². The summed E-state index contributed by atoms with van der Waals surface area (Å²) in [5.74, 6) is 1.86. The summed E-state index contributed by atoms with van der Waals surface area (Å²) < 4.78 is 10.2. The molecule has 2 aromatic heterocycles. The number of ether oxygens (including phenoxy) is 1. The van der Waals surface area contributed by atoms with Crippen LogP contribution < -0.4 is 0 Å². The molecule has 28 heavy (non-hydrogen) atoms. The van der Waals surface area contributed by atoms with Gasteiger partial charge in [0, 0.05) is 19.3 Å². The largest absolute Gasteiger partial charge is 0.363 e. The van der Waals surface area contributed by atoms with Gasteiger partial charge in [0.25, 0.3) is 5.91 Å². The lowest BCUT2D eigenvalue weighted by Crippen LogP contribution is -2.45. The third-order valence-electron chi connectivity index (χ3n) is 5.55. The second-order valence-corrected chi connectivity index (χ2v) is 8.20. The van der Waals surface area contributed by atoms with Gasteiger partial charge in [-0.05, 0) is 33.9 Å². The van der Waals surface area contributed by atoms with E-state index in [-0.39, 0.29) is 11.5 Å². The van der Waals surface area contributed by atoms with Gasteiger partial charge in [-0.1, -0.05) is 6.92 Å². The van der Waals surface area contributed by atoms with Crippen LogP contribution in [0.25, 0.3) is 0 Å². The monoisotopic (exact) mass is 387 g/mol. The maximum Gasteiger partial charge on any atom is 0.257 e. The molecule has 0 N–H and O–H groups in total. The Balaban J connectivity index is 1.50. The number of nitrogens with zero attached hydrogens (tertiary/aromatic N) is 7. The summed E-state index contributed by atoms with van der Waals surface area (Å²) in [5.41, 5.74) is 1.12. The molecule has 0 bridgehead atoms. The standard InChI is InChI=1S/C19H29N7O2/c1-5-7-25-9-15(14(2)22-25)18(27)24-8-6-19(12-24)13-26-16(10-23(3)4)20-21-17(26)11-28-19/h9H,5-8,10-13H2,1-4H3. The lowest BCUT2D eigenvalue weighted by atomic mass is 10.0. The minimum Gasteiger partial charge on any atom is -0.363 e. The van der Waals surface area contributed by atoms with Crippen molar-refractivity contribution >= 4 is 5.91 Å². The fraction of sp³-hybridized carbons (Fsp3) is 0.684. The Hall–Kier alpha value is -2.26. The molecule has 9 heteroatoms. The third-order valence-corrected chi connectivity index (χ3v) is 5.55. The zero-order chi connectivity index (χ0) is 19.9. The quantitative estimate of drug-likeness (QED) is 0.763. The van der Waals surface area contributed by atoms with Crippen LogP contribution in [0.2, 0.25) is 0 Å². The first-order valence-corrected chi connectivity index (χ1v) is 9.94. The van der Waals surface area contributed by atoms with Crippen molar-refractivity contribution in [3.63, 3.8) is 0 Å². The second kappa shape index (κ2) is 7.29. The number of aryl methyl sites for hydroxylation is 2. The van der Waals surface area contributed by atoms with E-state index in [2.05, 4.69) is 31.7 Å². The molecule has 2 aliphatic rings. The van der Waals surface area contributed by atoms with Crippen molar-refractivity contribution in [1.29, 1.82) is 0 Å². The Labute approximate surface area is 165 Å². The van der Waals surface area contributed by atoms with Crippen LogP contribution in [0.15, 0.2) is 6.20 Å². The van der Waals surface area contributed by atoms with Gasteiger partial charge in [-0.3, -0.25) is 9.48 Å². The van der Waals surface area contributed by atoms with Gasteiger partial charge in [-0.15, -0.1) is 10.2 Å². The van der Waals surface area contributed by atoms with Gasteiger partial charge in [-0.2, -0.15) is 5.10 Å². The highest BCUT2D eigenvalue weighted by Crippen LogP contribution is 2.33. The molecule has 2 aliphatic heterocycles. The van der Waals surface area contributed by atoms with Crippen LogP contribution >= 0.6 is 0 Å². The van der Waals surface area contributed by atoms with Crippen LogP contribution in [0, 0.1) is 6.92 Å². The van der Waals surface area contributed by atoms with Crippen molar-refractivity contribution in [1.82, 2.24) is 34.3 Å². The van der Waals surface area contributed by atoms with Crippen molar-refractivity contribution < 1.29 is 9.53 Å². The zero-order valence-electron chi connectivity index (χ0n) is 17.2. The van der Waals surface area contributed by atoms with Gasteiger partial charge in [0.05, 0.1) is 30.9 Å². The van der Waals surface area contributed by atoms with Crippen molar-refractivity contribution in [2.45, 2.75) is 58.5 Å². The Morgan fingerprint density at radius 2 is 2.14 bits per heavy atom. The van der Waals surface area contributed by atoms with Gasteiger partial charge in [-0.25, -0.2) is 0 Å². The van der Waals surface area contributed by atoms with Gasteiger partial charge >= 0.3 is 0 Å². The van der Waals surface area contributed by atoms with Crippen molar-refractivity contribution in [3.8, 4) is 0 Å². The molecule has 0 saturated carbocycles. The molecular weight excluding hydrogens is 358 g/mol. The first-order valence-electron chi connectivity index (χ1n) is 9.94. The topological polar surface area (TPSA) is 81.3 Å². The lowest BCUT2D eigenvalue weighted by Gasteiger charge is -2.34. The van der Waals surface area contributed by atoms with Crippen LogP contribution in [0.1, 0.15) is 47.5 Å². The van der Waals surface area contributed by atoms with E-state index in [1.807, 2.05) is 36.8 Å². The molecule has 0 aromatic carbocycles. The van der Waals surface area contributed by atoms with Crippen molar-refractivity contribution in [2.24, 2.45) is 0 Å². The minimum atomic E-state index is -0.362. The van der Waals surface area contributed by atoms with Crippen LogP contribution in [-0.2, 0) is 31.0 Å². The van der Waals surface area contributed by atoms with E-state index < -0.39 is 0 Å². The Morgan fingerprint density at radius 3 is 2.89 bits per heavy atom. The molecule has 1 unspecified atom stereocenters. The van der Waals surface area contributed by atoms with E-state index >= 15 is 0 Å². The van der Waals surface area contributed by atoms with Gasteiger partial charge in [0.15, 0.2) is 5.82 Å². The summed E-state index contributed by atoms with van der Waals surface area (Å²) in [5, 5.41) is 13.1. The number of aromatic nitrogens is 5. The number of hydrogen-bond acceptors (Lipinski definition) is 6. The number of amides is 1. The molecule has 9 nitrogen and oxygen atoms in total. The highest BCUT2D eigenvalue weighted by Gasteiger charge is 2.45. The Bertz CT molecular complexity index is 872. The zero-order valence-corrected chi connectivity index (χ0v) is 17.2. The van der Waals surface area contributed by atoms with E-state index in [0.29, 0.717) is 31.8 Å². The number of fused-ring (bicyclic) bond motifs is 1. The van der Waals surface area contributed by atoms with Crippen LogP contribution in [0.4, 0.5) is 0 Å². The summed E-state index contributed by atoms with van der Waals surface area (Å²) in [6, 6.07) is 0. The molecule has 152 valence electrons. The first kappa shape index (κ1) is 19.1. The smallest absolute Gasteiger partial charge is 0.257 e. The van der Waals surface area contributed by atoms with Crippen molar-refractivity contribution in [3.05, 3.63) is 29.1 Å². The first-order chi connectivity index (χ1) is 13.4. The lowest BCUT2D eigenvalue weighted by molar-refractivity contribution is -0.0817. The third kappa shape index (κ3) is 3.44. The highest BCUT2D eigenvalue weighted by molar-refractivity contribution is 5.95. The maximum absolute atomic E-state index is 13.1. The normalized spacial score (nSPS) is 21.7. The molecule has 0 aliphatic carbocycles. The molecule has 4 heterocycles. The summed E-state index contributed by atoms with van der Waals surface area (Å²) in [4.78, 5) is 17.1. The van der Waals surface area contributed by atoms with Crippen LogP contribution in [0.3, 0.4) is 0 Å². The number of rotatable bonds is 5. The molecule has 1 saturated heterocycles. The molecule has 0 radical (unpaired) electrons. The fourth-order valence-corrected chi connectivity index (χ4v) is 4.12. The average Bonchev–Trinajstić information content (AvgIpc) is 3.33. The molecule has 1 fully saturated rings. The number of hydrogen-bond donors (Lipinski definition) is 0. The van der Waals surface area contributed by atoms with E-state index in [9.17, 15) is 4.79 Å². The molecule has 1 spiro atoms. The summed E-state index contributed by atoms with van der Waals surface area (Å²) in [6.45, 7) is 7.98. The fourth-order valence-electron chi connectivity index (χ4n) is 4.12. The number of carbonyl (C=O) groups excluding carboxylic acids is 1. The molecular formula is C19H29N7O2. The predicted molar refractivity (Wildman–Crippen MR) is 103 cm³/mol. The Kier molecular flexibility index (Phi) is 4.96. The van der Waals surface area contributed by atoms with E-state index in [4.69, 9.17) is 4.74 Å². The average molecular weight is 387 g/mol.